The minimum atomic E-state index is -0.0000463. The van der Waals surface area contributed by atoms with Crippen LogP contribution >= 0.6 is 11.6 Å². The Morgan fingerprint density at radius 3 is 3.05 bits per heavy atom. The molecule has 1 saturated heterocycles. The molecule has 2 heterocycles. The zero-order chi connectivity index (χ0) is 13.4. The van der Waals surface area contributed by atoms with E-state index in [0.29, 0.717) is 11.6 Å². The number of aromatic nitrogens is 2. The number of carbonyl (C=O) groups is 1. The van der Waals surface area contributed by atoms with Crippen molar-refractivity contribution >= 4 is 28.4 Å². The molecule has 3 rings (SSSR count). The standard InChI is InChI=1S/C14H16ClN3O/c1-17-12-7-3-2-6-11(12)13(16-17)14(19)18-8-4-5-10(18)9-15/h2-3,6-7,10H,4-5,8-9H2,1H3. The van der Waals surface area contributed by atoms with E-state index in [2.05, 4.69) is 5.10 Å². The Hall–Kier alpha value is -1.55. The Morgan fingerprint density at radius 2 is 2.26 bits per heavy atom. The van der Waals surface area contributed by atoms with Crippen molar-refractivity contribution in [3.05, 3.63) is 30.0 Å². The van der Waals surface area contributed by atoms with Crippen LogP contribution in [0.15, 0.2) is 24.3 Å². The molecule has 1 aliphatic rings. The molecule has 4 nitrogen and oxygen atoms in total. The van der Waals surface area contributed by atoms with Gasteiger partial charge in [0.25, 0.3) is 5.91 Å². The molecule has 19 heavy (non-hydrogen) atoms. The number of amides is 1. The zero-order valence-electron chi connectivity index (χ0n) is 10.8. The van der Waals surface area contributed by atoms with E-state index < -0.39 is 0 Å². The van der Waals surface area contributed by atoms with Crippen LogP contribution < -0.4 is 0 Å². The number of hydrogen-bond donors (Lipinski definition) is 0. The summed E-state index contributed by atoms with van der Waals surface area (Å²) in [5, 5.41) is 5.30. The third kappa shape index (κ3) is 2.00. The molecule has 1 amide bonds. The van der Waals surface area contributed by atoms with E-state index in [1.54, 1.807) is 4.68 Å². The lowest BCUT2D eigenvalue weighted by Crippen LogP contribution is -2.36. The quantitative estimate of drug-likeness (QED) is 0.791. The summed E-state index contributed by atoms with van der Waals surface area (Å²) in [5.41, 5.74) is 1.52. The summed E-state index contributed by atoms with van der Waals surface area (Å²) in [6.45, 7) is 0.779. The monoisotopic (exact) mass is 277 g/mol. The fourth-order valence-electron chi connectivity index (χ4n) is 2.77. The minimum Gasteiger partial charge on any atom is -0.333 e. The molecule has 2 aromatic rings. The lowest BCUT2D eigenvalue weighted by atomic mass is 10.2. The Morgan fingerprint density at radius 1 is 1.47 bits per heavy atom. The van der Waals surface area contributed by atoms with Gasteiger partial charge in [-0.15, -0.1) is 11.6 Å². The van der Waals surface area contributed by atoms with Crippen LogP contribution in [0.5, 0.6) is 0 Å². The third-order valence-electron chi connectivity index (χ3n) is 3.78. The number of para-hydroxylation sites is 1. The average Bonchev–Trinajstić information content (AvgIpc) is 3.03. The van der Waals surface area contributed by atoms with Gasteiger partial charge in [0.2, 0.25) is 0 Å². The molecule has 5 heteroatoms. The maximum atomic E-state index is 12.6. The number of benzene rings is 1. The second kappa shape index (κ2) is 4.85. The first kappa shape index (κ1) is 12.5. The van der Waals surface area contributed by atoms with Crippen molar-refractivity contribution in [2.24, 2.45) is 7.05 Å². The SMILES string of the molecule is Cn1nc(C(=O)N2CCCC2CCl)c2ccccc21. The van der Waals surface area contributed by atoms with Crippen LogP contribution in [0.1, 0.15) is 23.3 Å². The Labute approximate surface area is 116 Å². The van der Waals surface area contributed by atoms with Crippen LogP contribution in [-0.4, -0.2) is 39.1 Å². The van der Waals surface area contributed by atoms with Crippen molar-refractivity contribution in [1.29, 1.82) is 0 Å². The molecule has 1 aliphatic heterocycles. The predicted octanol–water partition coefficient (Wildman–Crippen LogP) is 2.42. The minimum absolute atomic E-state index is 0.0000463. The molecule has 1 aromatic carbocycles. The predicted molar refractivity (Wildman–Crippen MR) is 75.5 cm³/mol. The third-order valence-corrected chi connectivity index (χ3v) is 4.13. The molecular weight excluding hydrogens is 262 g/mol. The van der Waals surface area contributed by atoms with E-state index in [1.165, 1.54) is 0 Å². The number of carbonyl (C=O) groups excluding carboxylic acids is 1. The van der Waals surface area contributed by atoms with E-state index in [-0.39, 0.29) is 11.9 Å². The fraction of sp³-hybridized carbons (Fsp3) is 0.429. The topological polar surface area (TPSA) is 38.1 Å². The van der Waals surface area contributed by atoms with Crippen LogP contribution in [0.2, 0.25) is 0 Å². The summed E-state index contributed by atoms with van der Waals surface area (Å²) in [7, 11) is 1.86. The van der Waals surface area contributed by atoms with Gasteiger partial charge in [-0.1, -0.05) is 18.2 Å². The molecule has 1 unspecified atom stereocenters. The van der Waals surface area contributed by atoms with E-state index in [0.717, 1.165) is 30.3 Å². The maximum absolute atomic E-state index is 12.6. The summed E-state index contributed by atoms with van der Waals surface area (Å²) in [5.74, 6) is 0.496. The van der Waals surface area contributed by atoms with E-state index in [4.69, 9.17) is 11.6 Å². The van der Waals surface area contributed by atoms with Crippen LogP contribution in [0, 0.1) is 0 Å². The van der Waals surface area contributed by atoms with Crippen molar-refractivity contribution in [2.75, 3.05) is 12.4 Å². The number of hydrogen-bond acceptors (Lipinski definition) is 2. The highest BCUT2D eigenvalue weighted by Crippen LogP contribution is 2.24. The highest BCUT2D eigenvalue weighted by Gasteiger charge is 2.31. The lowest BCUT2D eigenvalue weighted by molar-refractivity contribution is 0.0744. The van der Waals surface area contributed by atoms with Crippen molar-refractivity contribution in [1.82, 2.24) is 14.7 Å². The van der Waals surface area contributed by atoms with Gasteiger partial charge in [-0.25, -0.2) is 0 Å². The molecule has 0 aliphatic carbocycles. The molecule has 0 spiro atoms. The van der Waals surface area contributed by atoms with Crippen molar-refractivity contribution in [3.63, 3.8) is 0 Å². The Balaban J connectivity index is 2.02. The van der Waals surface area contributed by atoms with Crippen LogP contribution in [0.4, 0.5) is 0 Å². The van der Waals surface area contributed by atoms with Crippen LogP contribution in [-0.2, 0) is 7.05 Å². The van der Waals surface area contributed by atoms with E-state index in [9.17, 15) is 4.79 Å². The molecule has 1 atom stereocenters. The molecule has 0 radical (unpaired) electrons. The van der Waals surface area contributed by atoms with Gasteiger partial charge in [0.15, 0.2) is 5.69 Å². The van der Waals surface area contributed by atoms with Gasteiger partial charge < -0.3 is 4.90 Å². The molecule has 0 saturated carbocycles. The molecule has 100 valence electrons. The number of aryl methyl sites for hydroxylation is 1. The van der Waals surface area contributed by atoms with Gasteiger partial charge in [0.1, 0.15) is 0 Å². The highest BCUT2D eigenvalue weighted by atomic mass is 35.5. The number of nitrogens with zero attached hydrogens (tertiary/aromatic N) is 3. The largest absolute Gasteiger partial charge is 0.333 e. The van der Waals surface area contributed by atoms with E-state index in [1.807, 2.05) is 36.2 Å². The number of rotatable bonds is 2. The summed E-state index contributed by atoms with van der Waals surface area (Å²) in [4.78, 5) is 14.5. The summed E-state index contributed by atoms with van der Waals surface area (Å²) < 4.78 is 1.76. The second-order valence-electron chi connectivity index (χ2n) is 4.94. The Bertz CT molecular complexity index is 622. The second-order valence-corrected chi connectivity index (χ2v) is 5.25. The van der Waals surface area contributed by atoms with Gasteiger partial charge >= 0.3 is 0 Å². The number of halogens is 1. The molecule has 1 fully saturated rings. The molecule has 0 N–H and O–H groups in total. The van der Waals surface area contributed by atoms with Gasteiger partial charge in [-0.05, 0) is 18.9 Å². The van der Waals surface area contributed by atoms with Crippen LogP contribution in [0.25, 0.3) is 10.9 Å². The number of fused-ring (bicyclic) bond motifs is 1. The number of likely N-dealkylation sites (tertiary alicyclic amines) is 1. The number of alkyl halides is 1. The molecular formula is C14H16ClN3O. The average molecular weight is 278 g/mol. The van der Waals surface area contributed by atoms with Gasteiger partial charge in [-0.3, -0.25) is 9.48 Å². The summed E-state index contributed by atoms with van der Waals surface area (Å²) in [6, 6.07) is 7.96. The fourth-order valence-corrected chi connectivity index (χ4v) is 3.09. The summed E-state index contributed by atoms with van der Waals surface area (Å²) >= 11 is 5.94. The van der Waals surface area contributed by atoms with Crippen molar-refractivity contribution < 1.29 is 4.79 Å². The van der Waals surface area contributed by atoms with Crippen molar-refractivity contribution in [2.45, 2.75) is 18.9 Å². The van der Waals surface area contributed by atoms with Gasteiger partial charge in [-0.2, -0.15) is 5.10 Å². The zero-order valence-corrected chi connectivity index (χ0v) is 11.6. The van der Waals surface area contributed by atoms with Gasteiger partial charge in [0.05, 0.1) is 5.52 Å². The maximum Gasteiger partial charge on any atom is 0.275 e. The van der Waals surface area contributed by atoms with Crippen molar-refractivity contribution in [3.8, 4) is 0 Å². The lowest BCUT2D eigenvalue weighted by Gasteiger charge is -2.21. The molecule has 1 aromatic heterocycles. The normalized spacial score (nSPS) is 19.3. The van der Waals surface area contributed by atoms with E-state index >= 15 is 0 Å². The van der Waals surface area contributed by atoms with Gasteiger partial charge in [0, 0.05) is 30.9 Å². The smallest absolute Gasteiger partial charge is 0.275 e. The first-order valence-electron chi connectivity index (χ1n) is 6.51. The highest BCUT2D eigenvalue weighted by molar-refractivity contribution is 6.18. The Kier molecular flexibility index (Phi) is 3.19. The molecule has 0 bridgehead atoms. The van der Waals surface area contributed by atoms with Crippen LogP contribution in [0.3, 0.4) is 0 Å². The first-order chi connectivity index (χ1) is 9.22. The summed E-state index contributed by atoms with van der Waals surface area (Å²) in [6.07, 6.45) is 2.01. The first-order valence-corrected chi connectivity index (χ1v) is 7.04.